The SMILES string of the molecule is CCCCCCCCCCCC(=O)OC[C@H](COP(=O)(O)OC[C@H](O)COP(=O)(O)OC[C@@H](COC(=O)CCCCCCCCCCCCCCCC(C)C)OC(=O)CCCCCCCCCCCCCCCCC(C)C)OC(=O)CCCCCCCCCCCCCCC(C)C. The van der Waals surface area contributed by atoms with Crippen LogP contribution in [0.5, 0.6) is 0 Å². The Morgan fingerprint density at radius 1 is 0.278 bits per heavy atom. The van der Waals surface area contributed by atoms with Crippen LogP contribution in [0.4, 0.5) is 0 Å². The van der Waals surface area contributed by atoms with E-state index in [1.807, 2.05) is 0 Å². The van der Waals surface area contributed by atoms with Crippen molar-refractivity contribution in [3.63, 3.8) is 0 Å². The van der Waals surface area contributed by atoms with Gasteiger partial charge in [-0.3, -0.25) is 37.3 Å². The smallest absolute Gasteiger partial charge is 0.462 e. The van der Waals surface area contributed by atoms with E-state index in [4.69, 9.17) is 37.0 Å². The first kappa shape index (κ1) is 95.1. The monoisotopic (exact) mass is 1420 g/mol. The van der Waals surface area contributed by atoms with Crippen molar-refractivity contribution in [2.75, 3.05) is 39.6 Å². The highest BCUT2D eigenvalue weighted by Crippen LogP contribution is 2.45. The van der Waals surface area contributed by atoms with Crippen molar-refractivity contribution in [2.24, 2.45) is 17.8 Å². The largest absolute Gasteiger partial charge is 0.472 e. The third-order valence-electron chi connectivity index (χ3n) is 18.1. The summed E-state index contributed by atoms with van der Waals surface area (Å²) in [5.74, 6) is 0.248. The highest BCUT2D eigenvalue weighted by Gasteiger charge is 2.30. The molecule has 0 saturated carbocycles. The fraction of sp³-hybridized carbons (Fsp3) is 0.949. The number of phosphoric acid groups is 2. The third kappa shape index (κ3) is 72.2. The molecule has 0 aliphatic heterocycles. The Hall–Kier alpha value is -1.94. The molecule has 0 spiro atoms. The number of ether oxygens (including phenoxy) is 4. The molecular weight excluding hydrogens is 1270 g/mol. The van der Waals surface area contributed by atoms with E-state index in [0.29, 0.717) is 25.7 Å². The number of aliphatic hydroxyl groups is 1. The lowest BCUT2D eigenvalue weighted by Gasteiger charge is -2.21. The van der Waals surface area contributed by atoms with Crippen LogP contribution in [0.15, 0.2) is 0 Å². The quantitative estimate of drug-likeness (QED) is 0.0222. The van der Waals surface area contributed by atoms with E-state index in [1.54, 1.807) is 0 Å². The maximum Gasteiger partial charge on any atom is 0.472 e. The molecule has 0 amide bonds. The molecule has 576 valence electrons. The molecule has 5 atom stereocenters. The van der Waals surface area contributed by atoms with Crippen LogP contribution in [0.25, 0.3) is 0 Å². The van der Waals surface area contributed by atoms with Gasteiger partial charge in [0.25, 0.3) is 0 Å². The first-order valence-corrected chi connectivity index (χ1v) is 43.3. The summed E-state index contributed by atoms with van der Waals surface area (Å²) < 4.78 is 68.6. The summed E-state index contributed by atoms with van der Waals surface area (Å²) in [5, 5.41) is 10.6. The fourth-order valence-corrected chi connectivity index (χ4v) is 13.5. The average molecular weight is 1420 g/mol. The first-order valence-electron chi connectivity index (χ1n) is 40.3. The highest BCUT2D eigenvalue weighted by molar-refractivity contribution is 7.47. The van der Waals surface area contributed by atoms with Gasteiger partial charge in [-0.15, -0.1) is 0 Å². The molecule has 0 bridgehead atoms. The summed E-state index contributed by atoms with van der Waals surface area (Å²) in [4.78, 5) is 72.9. The lowest BCUT2D eigenvalue weighted by molar-refractivity contribution is -0.161. The van der Waals surface area contributed by atoms with Gasteiger partial charge >= 0.3 is 39.5 Å². The number of carbonyl (C=O) groups is 4. The Morgan fingerprint density at radius 3 is 0.701 bits per heavy atom. The van der Waals surface area contributed by atoms with Crippen LogP contribution < -0.4 is 0 Å². The van der Waals surface area contributed by atoms with Crippen LogP contribution in [0.3, 0.4) is 0 Å². The molecule has 0 aliphatic carbocycles. The molecule has 0 saturated heterocycles. The van der Waals surface area contributed by atoms with Gasteiger partial charge in [0, 0.05) is 25.7 Å². The average Bonchev–Trinajstić information content (AvgIpc) is 1.25. The van der Waals surface area contributed by atoms with E-state index in [2.05, 4.69) is 48.5 Å². The van der Waals surface area contributed by atoms with Crippen molar-refractivity contribution in [2.45, 2.75) is 420 Å². The van der Waals surface area contributed by atoms with Gasteiger partial charge in [0.1, 0.15) is 19.3 Å². The minimum absolute atomic E-state index is 0.107. The van der Waals surface area contributed by atoms with Crippen molar-refractivity contribution < 1.29 is 80.2 Å². The Morgan fingerprint density at radius 2 is 0.474 bits per heavy atom. The highest BCUT2D eigenvalue weighted by atomic mass is 31.2. The fourth-order valence-electron chi connectivity index (χ4n) is 12.0. The number of rotatable bonds is 76. The molecule has 0 aliphatic rings. The predicted molar refractivity (Wildman–Crippen MR) is 395 cm³/mol. The number of hydrogen-bond acceptors (Lipinski definition) is 15. The van der Waals surface area contributed by atoms with Crippen molar-refractivity contribution in [1.29, 1.82) is 0 Å². The summed E-state index contributed by atoms with van der Waals surface area (Å²) in [5.41, 5.74) is 0. The van der Waals surface area contributed by atoms with Gasteiger partial charge < -0.3 is 33.8 Å². The summed E-state index contributed by atoms with van der Waals surface area (Å²) >= 11 is 0. The van der Waals surface area contributed by atoms with Gasteiger partial charge in [-0.1, -0.05) is 350 Å². The molecule has 0 rings (SSSR count). The van der Waals surface area contributed by atoms with Crippen LogP contribution in [0, 0.1) is 17.8 Å². The molecule has 0 heterocycles. The maximum atomic E-state index is 13.1. The molecule has 0 aromatic carbocycles. The first-order chi connectivity index (χ1) is 46.7. The van der Waals surface area contributed by atoms with Crippen LogP contribution in [0.2, 0.25) is 0 Å². The molecule has 19 heteroatoms. The van der Waals surface area contributed by atoms with Gasteiger partial charge in [-0.05, 0) is 43.4 Å². The zero-order valence-electron chi connectivity index (χ0n) is 63.5. The molecular formula is C78H152O17P2. The van der Waals surface area contributed by atoms with Crippen molar-refractivity contribution in [3.05, 3.63) is 0 Å². The molecule has 0 aromatic rings. The van der Waals surface area contributed by atoms with Crippen LogP contribution in [0.1, 0.15) is 402 Å². The van der Waals surface area contributed by atoms with E-state index in [9.17, 15) is 43.2 Å². The second-order valence-corrected chi connectivity index (χ2v) is 32.4. The zero-order valence-corrected chi connectivity index (χ0v) is 65.3. The lowest BCUT2D eigenvalue weighted by atomic mass is 10.0. The van der Waals surface area contributed by atoms with Crippen LogP contribution >= 0.6 is 15.6 Å². The maximum absolute atomic E-state index is 13.1. The number of aliphatic hydroxyl groups excluding tert-OH is 1. The number of unbranched alkanes of at least 4 members (excludes halogenated alkanes) is 44. The zero-order chi connectivity index (χ0) is 71.6. The molecule has 0 fully saturated rings. The van der Waals surface area contributed by atoms with Gasteiger partial charge in [0.05, 0.1) is 26.4 Å². The Balaban J connectivity index is 5.24. The molecule has 2 unspecified atom stereocenters. The molecule has 3 N–H and O–H groups in total. The summed E-state index contributed by atoms with van der Waals surface area (Å²) in [7, 11) is -9.91. The van der Waals surface area contributed by atoms with E-state index in [-0.39, 0.29) is 25.7 Å². The number of hydrogen-bond donors (Lipinski definition) is 3. The van der Waals surface area contributed by atoms with Gasteiger partial charge in [-0.2, -0.15) is 0 Å². The second-order valence-electron chi connectivity index (χ2n) is 29.5. The normalized spacial score (nSPS) is 14.0. The third-order valence-corrected chi connectivity index (χ3v) is 20.0. The van der Waals surface area contributed by atoms with E-state index in [0.717, 1.165) is 108 Å². The standard InChI is InChI=1S/C78H152O17P2/c1-8-9-10-11-12-28-38-45-52-59-75(80)88-65-73(94-78(83)62-55-48-41-34-27-21-20-24-31-37-44-51-58-71(6)7)67-92-96(84,85)90-63-72(79)64-91-97(86,87)93-68-74(66-89-76(81)60-53-46-39-32-25-19-15-17-23-30-36-43-50-57-70(4)5)95-77(82)61-54-47-40-33-26-18-14-13-16-22-29-35-42-49-56-69(2)3/h69-74,79H,8-68H2,1-7H3,(H,84,85)(H,86,87)/t72-,73+,74+/m0/s1. The summed E-state index contributed by atoms with van der Waals surface area (Å²) in [6.45, 7) is 12.0. The minimum Gasteiger partial charge on any atom is -0.462 e. The second kappa shape index (κ2) is 68.5. The summed E-state index contributed by atoms with van der Waals surface area (Å²) in [6.07, 6.45) is 55.4. The summed E-state index contributed by atoms with van der Waals surface area (Å²) in [6, 6.07) is 0. The Bertz CT molecular complexity index is 1890. The van der Waals surface area contributed by atoms with E-state index >= 15 is 0 Å². The van der Waals surface area contributed by atoms with Crippen molar-refractivity contribution in [1.82, 2.24) is 0 Å². The van der Waals surface area contributed by atoms with Crippen molar-refractivity contribution in [3.8, 4) is 0 Å². The topological polar surface area (TPSA) is 237 Å². The predicted octanol–water partition coefficient (Wildman–Crippen LogP) is 23.0. The molecule has 97 heavy (non-hydrogen) atoms. The number of carbonyl (C=O) groups excluding carboxylic acids is 4. The van der Waals surface area contributed by atoms with Crippen molar-refractivity contribution >= 4 is 39.5 Å². The number of esters is 4. The minimum atomic E-state index is -4.96. The van der Waals surface area contributed by atoms with Gasteiger partial charge in [-0.25, -0.2) is 9.13 Å². The lowest BCUT2D eigenvalue weighted by Crippen LogP contribution is -2.30. The van der Waals surface area contributed by atoms with Gasteiger partial charge in [0.15, 0.2) is 12.2 Å². The number of phosphoric ester groups is 2. The van der Waals surface area contributed by atoms with Crippen LogP contribution in [-0.2, 0) is 65.4 Å². The van der Waals surface area contributed by atoms with Gasteiger partial charge in [0.2, 0.25) is 0 Å². The molecule has 17 nitrogen and oxygen atoms in total. The Labute approximate surface area is 594 Å². The van der Waals surface area contributed by atoms with E-state index in [1.165, 1.54) is 212 Å². The Kier molecular flexibility index (Phi) is 67.1. The van der Waals surface area contributed by atoms with Crippen LogP contribution in [-0.4, -0.2) is 96.7 Å². The molecule has 0 aromatic heterocycles. The van der Waals surface area contributed by atoms with E-state index < -0.39 is 97.5 Å². The molecule has 0 radical (unpaired) electrons.